The van der Waals surface area contributed by atoms with Crippen LogP contribution in [0.25, 0.3) is 0 Å². The van der Waals surface area contributed by atoms with Gasteiger partial charge in [0.1, 0.15) is 11.6 Å². The van der Waals surface area contributed by atoms with Crippen LogP contribution < -0.4 is 5.32 Å². The number of hydrogen-bond acceptors (Lipinski definition) is 3. The summed E-state index contributed by atoms with van der Waals surface area (Å²) in [5.74, 6) is 2.71. The first-order valence-corrected chi connectivity index (χ1v) is 8.52. The first kappa shape index (κ1) is 16.5. The topological polar surface area (TPSA) is 42.7 Å². The van der Waals surface area contributed by atoms with Crippen LogP contribution in [0.1, 0.15) is 71.1 Å². The van der Waals surface area contributed by atoms with Gasteiger partial charge in [0.05, 0.1) is 6.04 Å². The summed E-state index contributed by atoms with van der Waals surface area (Å²) in [4.78, 5) is 4.51. The van der Waals surface area contributed by atoms with Gasteiger partial charge in [-0.25, -0.2) is 9.67 Å². The summed E-state index contributed by atoms with van der Waals surface area (Å²) in [5.41, 5.74) is 0.416. The highest BCUT2D eigenvalue weighted by Gasteiger charge is 2.38. The molecule has 1 aliphatic rings. The molecule has 1 aromatic rings. The van der Waals surface area contributed by atoms with Crippen LogP contribution in [0.3, 0.4) is 0 Å². The Kier molecular flexibility index (Phi) is 5.07. The van der Waals surface area contributed by atoms with Crippen molar-refractivity contribution >= 4 is 0 Å². The van der Waals surface area contributed by atoms with E-state index in [4.69, 9.17) is 0 Å². The summed E-state index contributed by atoms with van der Waals surface area (Å²) in [6.07, 6.45) is 5.01. The Morgan fingerprint density at radius 1 is 1.24 bits per heavy atom. The number of nitrogens with zero attached hydrogens (tertiary/aromatic N) is 3. The predicted octanol–water partition coefficient (Wildman–Crippen LogP) is 3.65. The fraction of sp³-hybridized carbons (Fsp3) is 0.882. The second-order valence-electron chi connectivity index (χ2n) is 7.23. The number of nitrogens with one attached hydrogen (secondary N) is 1. The zero-order valence-corrected chi connectivity index (χ0v) is 14.6. The highest BCUT2D eigenvalue weighted by atomic mass is 15.4. The van der Waals surface area contributed by atoms with Gasteiger partial charge < -0.3 is 5.32 Å². The minimum Gasteiger partial charge on any atom is -0.312 e. The van der Waals surface area contributed by atoms with Crippen molar-refractivity contribution in [1.29, 1.82) is 0 Å². The molecule has 120 valence electrons. The van der Waals surface area contributed by atoms with E-state index in [1.807, 2.05) is 6.92 Å². The monoisotopic (exact) mass is 292 g/mol. The van der Waals surface area contributed by atoms with Crippen LogP contribution in [0.5, 0.6) is 0 Å². The van der Waals surface area contributed by atoms with Crippen molar-refractivity contribution in [3.05, 3.63) is 11.6 Å². The molecule has 0 radical (unpaired) electrons. The zero-order valence-electron chi connectivity index (χ0n) is 14.6. The van der Waals surface area contributed by atoms with Gasteiger partial charge in [0.15, 0.2) is 0 Å². The fourth-order valence-corrected chi connectivity index (χ4v) is 3.77. The minimum atomic E-state index is 0.416. The van der Waals surface area contributed by atoms with Gasteiger partial charge in [0, 0.05) is 6.04 Å². The summed E-state index contributed by atoms with van der Waals surface area (Å²) in [6, 6.07) is 0.967. The van der Waals surface area contributed by atoms with E-state index in [0.29, 0.717) is 17.5 Å². The molecule has 0 saturated heterocycles. The van der Waals surface area contributed by atoms with E-state index in [0.717, 1.165) is 24.1 Å². The Labute approximate surface area is 129 Å². The molecular weight excluding hydrogens is 260 g/mol. The normalized spacial score (nSPS) is 27.0. The fourth-order valence-electron chi connectivity index (χ4n) is 3.77. The van der Waals surface area contributed by atoms with E-state index in [1.54, 1.807) is 0 Å². The Hall–Kier alpha value is -0.900. The summed E-state index contributed by atoms with van der Waals surface area (Å²) in [6.45, 7) is 14.4. The highest BCUT2D eigenvalue weighted by Crippen LogP contribution is 2.44. The van der Waals surface area contributed by atoms with Crippen molar-refractivity contribution in [2.75, 3.05) is 6.54 Å². The van der Waals surface area contributed by atoms with Crippen LogP contribution in [0.2, 0.25) is 0 Å². The molecular formula is C17H32N4. The van der Waals surface area contributed by atoms with Gasteiger partial charge in [-0.3, -0.25) is 0 Å². The van der Waals surface area contributed by atoms with Crippen LogP contribution in [-0.2, 0) is 0 Å². The Balaban J connectivity index is 2.25. The van der Waals surface area contributed by atoms with Crippen molar-refractivity contribution in [1.82, 2.24) is 20.1 Å². The largest absolute Gasteiger partial charge is 0.312 e. The molecule has 1 N–H and O–H groups in total. The van der Waals surface area contributed by atoms with Crippen LogP contribution in [0, 0.1) is 25.2 Å². The first-order chi connectivity index (χ1) is 9.89. The molecule has 1 fully saturated rings. The maximum atomic E-state index is 4.67. The van der Waals surface area contributed by atoms with Gasteiger partial charge in [0.2, 0.25) is 0 Å². The molecule has 0 amide bonds. The van der Waals surface area contributed by atoms with E-state index in [-0.39, 0.29) is 0 Å². The third-order valence-electron chi connectivity index (χ3n) is 5.52. The number of likely N-dealkylation sites (N-methyl/N-ethyl adjacent to an activating group) is 1. The first-order valence-electron chi connectivity index (χ1n) is 8.52. The lowest BCUT2D eigenvalue weighted by molar-refractivity contribution is 0.0955. The third-order valence-corrected chi connectivity index (χ3v) is 5.52. The minimum absolute atomic E-state index is 0.416. The SMILES string of the molecule is CCNC1CCC(C(C)(C)CC)CC1n1nc(C)nc1C. The smallest absolute Gasteiger partial charge is 0.147 e. The number of rotatable bonds is 5. The van der Waals surface area contributed by atoms with E-state index in [9.17, 15) is 0 Å². The van der Waals surface area contributed by atoms with Gasteiger partial charge in [-0.15, -0.1) is 0 Å². The van der Waals surface area contributed by atoms with Gasteiger partial charge >= 0.3 is 0 Å². The van der Waals surface area contributed by atoms with Crippen LogP contribution in [-0.4, -0.2) is 27.4 Å². The summed E-state index contributed by atoms with van der Waals surface area (Å²) in [5, 5.41) is 8.35. The average molecular weight is 292 g/mol. The molecule has 4 heteroatoms. The lowest BCUT2D eigenvalue weighted by Crippen LogP contribution is -2.44. The summed E-state index contributed by atoms with van der Waals surface area (Å²) in [7, 11) is 0. The van der Waals surface area contributed by atoms with Crippen molar-refractivity contribution in [3.63, 3.8) is 0 Å². The maximum absolute atomic E-state index is 4.67. The Morgan fingerprint density at radius 3 is 2.48 bits per heavy atom. The van der Waals surface area contributed by atoms with Crippen molar-refractivity contribution in [2.24, 2.45) is 11.3 Å². The maximum Gasteiger partial charge on any atom is 0.147 e. The molecule has 4 nitrogen and oxygen atoms in total. The van der Waals surface area contributed by atoms with Crippen molar-refractivity contribution in [3.8, 4) is 0 Å². The Bertz CT molecular complexity index is 463. The second kappa shape index (κ2) is 6.47. The van der Waals surface area contributed by atoms with Gasteiger partial charge in [-0.1, -0.05) is 34.1 Å². The molecule has 3 atom stereocenters. The predicted molar refractivity (Wildman–Crippen MR) is 87.4 cm³/mol. The lowest BCUT2D eigenvalue weighted by Gasteiger charge is -2.43. The molecule has 1 aliphatic carbocycles. The van der Waals surface area contributed by atoms with E-state index >= 15 is 0 Å². The molecule has 1 aromatic heterocycles. The Morgan fingerprint density at radius 2 is 1.95 bits per heavy atom. The molecule has 0 aliphatic heterocycles. The van der Waals surface area contributed by atoms with Gasteiger partial charge in [0.25, 0.3) is 0 Å². The molecule has 21 heavy (non-hydrogen) atoms. The number of aromatic nitrogens is 3. The van der Waals surface area contributed by atoms with E-state index in [2.05, 4.69) is 54.7 Å². The van der Waals surface area contributed by atoms with Gasteiger partial charge in [-0.05, 0) is 51.0 Å². The lowest BCUT2D eigenvalue weighted by atomic mass is 9.67. The zero-order chi connectivity index (χ0) is 15.6. The molecule has 0 aromatic carbocycles. The third kappa shape index (κ3) is 3.47. The highest BCUT2D eigenvalue weighted by molar-refractivity contribution is 4.98. The van der Waals surface area contributed by atoms with E-state index in [1.165, 1.54) is 25.7 Å². The molecule has 0 bridgehead atoms. The second-order valence-corrected chi connectivity index (χ2v) is 7.23. The van der Waals surface area contributed by atoms with Crippen molar-refractivity contribution < 1.29 is 0 Å². The number of aryl methyl sites for hydroxylation is 2. The summed E-state index contributed by atoms with van der Waals surface area (Å²) >= 11 is 0. The van der Waals surface area contributed by atoms with Crippen LogP contribution >= 0.6 is 0 Å². The van der Waals surface area contributed by atoms with Crippen LogP contribution in [0.15, 0.2) is 0 Å². The summed E-state index contributed by atoms with van der Waals surface area (Å²) < 4.78 is 2.18. The molecule has 0 spiro atoms. The molecule has 1 saturated carbocycles. The van der Waals surface area contributed by atoms with Gasteiger partial charge in [-0.2, -0.15) is 5.10 Å². The average Bonchev–Trinajstić information content (AvgIpc) is 2.78. The van der Waals surface area contributed by atoms with E-state index < -0.39 is 0 Å². The molecule has 2 rings (SSSR count). The van der Waals surface area contributed by atoms with Crippen molar-refractivity contribution in [2.45, 2.75) is 79.3 Å². The standard InChI is InChI=1S/C17H32N4/c1-7-17(5,6)14-9-10-15(18-8-2)16(11-14)21-13(4)19-12(3)20-21/h14-16,18H,7-11H2,1-6H3. The van der Waals surface area contributed by atoms with Crippen LogP contribution in [0.4, 0.5) is 0 Å². The molecule has 3 unspecified atom stereocenters. The quantitative estimate of drug-likeness (QED) is 0.901. The number of hydrogen-bond donors (Lipinski definition) is 1. The molecule has 1 heterocycles.